The first-order valence-corrected chi connectivity index (χ1v) is 4.31. The van der Waals surface area contributed by atoms with Crippen LogP contribution in [0, 0.1) is 0 Å². The van der Waals surface area contributed by atoms with Crippen LogP contribution < -0.4 is 0 Å². The molecule has 0 aliphatic heterocycles. The fraction of sp³-hybridized carbons (Fsp3) is 0.429. The van der Waals surface area contributed by atoms with Crippen molar-refractivity contribution in [2.45, 2.75) is 18.8 Å². The normalized spacial score (nSPS) is 17.8. The van der Waals surface area contributed by atoms with E-state index in [9.17, 15) is 0 Å². The third kappa shape index (κ3) is 3.33. The average molecular weight is 192 g/mol. The Kier molecular flexibility index (Phi) is 5.76. The van der Waals surface area contributed by atoms with Crippen molar-refractivity contribution in [1.82, 2.24) is 0 Å². The van der Waals surface area contributed by atoms with E-state index in [1.807, 2.05) is 13.8 Å². The summed E-state index contributed by atoms with van der Waals surface area (Å²) in [5, 5.41) is 0. The van der Waals surface area contributed by atoms with Gasteiger partial charge in [-0.3, -0.25) is 4.18 Å². The molecule has 0 aromatic carbocycles. The van der Waals surface area contributed by atoms with Crippen molar-refractivity contribution >= 4 is 25.0 Å². The molecule has 64 valence electrons. The first kappa shape index (κ1) is 11.1. The van der Waals surface area contributed by atoms with E-state index in [0.717, 1.165) is 0 Å². The van der Waals surface area contributed by atoms with Crippen LogP contribution in [0.2, 0.25) is 0 Å². The van der Waals surface area contributed by atoms with Crippen molar-refractivity contribution in [2.75, 3.05) is 0 Å². The van der Waals surface area contributed by atoms with E-state index in [1.54, 1.807) is 24.3 Å². The van der Waals surface area contributed by atoms with Crippen LogP contribution in [0.25, 0.3) is 0 Å². The molecule has 0 fully saturated rings. The lowest BCUT2D eigenvalue weighted by molar-refractivity contribution is 0.311. The molecule has 0 amide bonds. The number of allylic oxidation sites excluding steroid dienone is 2. The molecule has 0 unspecified atom stereocenters. The Morgan fingerprint density at radius 1 is 1.36 bits per heavy atom. The standard InChI is InChI=1S/C7H12O2S2/c1-3-5-7(9-10,11-8)6-4-2/h3-6,8,10H,1-2H3. The van der Waals surface area contributed by atoms with Crippen LogP contribution in [0.4, 0.5) is 0 Å². The van der Waals surface area contributed by atoms with Crippen molar-refractivity contribution in [2.24, 2.45) is 0 Å². The number of hydrogen-bond donors (Lipinski definition) is 2. The van der Waals surface area contributed by atoms with Gasteiger partial charge in [-0.05, 0) is 38.9 Å². The molecule has 0 rings (SSSR count). The van der Waals surface area contributed by atoms with E-state index in [0.29, 0.717) is 12.0 Å². The van der Waals surface area contributed by atoms with Crippen LogP contribution in [-0.2, 0) is 4.18 Å². The molecule has 0 spiro atoms. The zero-order valence-electron chi connectivity index (χ0n) is 6.52. The predicted molar refractivity (Wildman–Crippen MR) is 52.6 cm³/mol. The van der Waals surface area contributed by atoms with Gasteiger partial charge in [0.1, 0.15) is 0 Å². The highest BCUT2D eigenvalue weighted by Gasteiger charge is 2.23. The Hall–Kier alpha value is 0.1000. The van der Waals surface area contributed by atoms with Gasteiger partial charge in [-0.1, -0.05) is 12.2 Å². The van der Waals surface area contributed by atoms with Crippen molar-refractivity contribution < 1.29 is 8.74 Å². The lowest BCUT2D eigenvalue weighted by Crippen LogP contribution is -2.18. The van der Waals surface area contributed by atoms with Crippen LogP contribution in [0.3, 0.4) is 0 Å². The third-order valence-corrected chi connectivity index (χ3v) is 2.15. The van der Waals surface area contributed by atoms with Crippen molar-refractivity contribution in [1.29, 1.82) is 0 Å². The molecular formula is C7H12O2S2. The highest BCUT2D eigenvalue weighted by atomic mass is 32.2. The zero-order valence-corrected chi connectivity index (χ0v) is 8.23. The number of hydrogen-bond acceptors (Lipinski definition) is 4. The van der Waals surface area contributed by atoms with E-state index in [4.69, 9.17) is 8.74 Å². The summed E-state index contributed by atoms with van der Waals surface area (Å²) in [5.74, 6) is 0. The minimum Gasteiger partial charge on any atom is -0.327 e. The van der Waals surface area contributed by atoms with E-state index in [2.05, 4.69) is 12.9 Å². The number of thiol groups is 1. The Balaban J connectivity index is 4.45. The zero-order chi connectivity index (χ0) is 8.74. The Labute approximate surface area is 77.2 Å². The van der Waals surface area contributed by atoms with Gasteiger partial charge in [-0.15, -0.1) is 0 Å². The molecule has 0 bridgehead atoms. The summed E-state index contributed by atoms with van der Waals surface area (Å²) in [6, 6.07) is 0. The van der Waals surface area contributed by atoms with Gasteiger partial charge in [0, 0.05) is 12.0 Å². The fourth-order valence-electron chi connectivity index (χ4n) is 0.659. The molecule has 4 heteroatoms. The van der Waals surface area contributed by atoms with E-state index in [1.165, 1.54) is 0 Å². The summed E-state index contributed by atoms with van der Waals surface area (Å²) in [4.78, 5) is -0.841. The monoisotopic (exact) mass is 192 g/mol. The second-order valence-corrected chi connectivity index (χ2v) is 2.91. The molecule has 0 saturated heterocycles. The summed E-state index contributed by atoms with van der Waals surface area (Å²) in [7, 11) is 0. The van der Waals surface area contributed by atoms with Gasteiger partial charge in [0.2, 0.25) is 0 Å². The second-order valence-electron chi connectivity index (χ2n) is 1.90. The summed E-state index contributed by atoms with van der Waals surface area (Å²) in [5.41, 5.74) is 0. The SMILES string of the molecule is CC=CC(C=CC)(OS)SO. The van der Waals surface area contributed by atoms with Gasteiger partial charge in [0.25, 0.3) is 0 Å². The minimum atomic E-state index is -0.841. The molecule has 0 aromatic rings. The minimum absolute atomic E-state index is 0.594. The highest BCUT2D eigenvalue weighted by molar-refractivity contribution is 7.95. The first-order chi connectivity index (χ1) is 5.24. The smallest absolute Gasteiger partial charge is 0.189 e. The van der Waals surface area contributed by atoms with Gasteiger partial charge in [-0.2, -0.15) is 0 Å². The topological polar surface area (TPSA) is 29.5 Å². The van der Waals surface area contributed by atoms with Crippen molar-refractivity contribution in [3.8, 4) is 0 Å². The van der Waals surface area contributed by atoms with Crippen LogP contribution >= 0.6 is 25.0 Å². The molecule has 0 aromatic heterocycles. The van der Waals surface area contributed by atoms with E-state index >= 15 is 0 Å². The molecule has 0 atom stereocenters. The summed E-state index contributed by atoms with van der Waals surface area (Å²) < 4.78 is 13.7. The summed E-state index contributed by atoms with van der Waals surface area (Å²) in [6.45, 7) is 3.70. The van der Waals surface area contributed by atoms with Gasteiger partial charge in [-0.25, -0.2) is 0 Å². The molecule has 0 radical (unpaired) electrons. The van der Waals surface area contributed by atoms with Gasteiger partial charge >= 0.3 is 0 Å². The summed E-state index contributed by atoms with van der Waals surface area (Å²) in [6.07, 6.45) is 7.01. The lowest BCUT2D eigenvalue weighted by atomic mass is 10.3. The molecule has 1 N–H and O–H groups in total. The maximum absolute atomic E-state index is 8.88. The van der Waals surface area contributed by atoms with E-state index in [-0.39, 0.29) is 0 Å². The van der Waals surface area contributed by atoms with Crippen LogP contribution in [-0.4, -0.2) is 9.49 Å². The molecule has 0 aliphatic rings. The second kappa shape index (κ2) is 5.71. The Morgan fingerprint density at radius 3 is 2.00 bits per heavy atom. The molecule has 2 nitrogen and oxygen atoms in total. The van der Waals surface area contributed by atoms with Crippen LogP contribution in [0.1, 0.15) is 13.8 Å². The van der Waals surface area contributed by atoms with Crippen molar-refractivity contribution in [3.05, 3.63) is 24.3 Å². The molecule has 11 heavy (non-hydrogen) atoms. The van der Waals surface area contributed by atoms with E-state index < -0.39 is 4.93 Å². The third-order valence-electron chi connectivity index (χ3n) is 1.08. The fourth-order valence-corrected chi connectivity index (χ4v) is 1.31. The van der Waals surface area contributed by atoms with Gasteiger partial charge in [0.15, 0.2) is 4.93 Å². The first-order valence-electron chi connectivity index (χ1n) is 3.17. The maximum atomic E-state index is 8.88. The Morgan fingerprint density at radius 2 is 1.82 bits per heavy atom. The van der Waals surface area contributed by atoms with Gasteiger partial charge in [0.05, 0.1) is 0 Å². The van der Waals surface area contributed by atoms with Crippen molar-refractivity contribution in [3.63, 3.8) is 0 Å². The lowest BCUT2D eigenvalue weighted by Gasteiger charge is -2.19. The molecule has 0 saturated carbocycles. The molecule has 0 heterocycles. The largest absolute Gasteiger partial charge is 0.327 e. The molecule has 0 aliphatic carbocycles. The Bertz CT molecular complexity index is 137. The number of rotatable bonds is 4. The summed E-state index contributed by atoms with van der Waals surface area (Å²) >= 11 is 4.26. The predicted octanol–water partition coefficient (Wildman–Crippen LogP) is 2.90. The quantitative estimate of drug-likeness (QED) is 0.310. The van der Waals surface area contributed by atoms with Crippen LogP contribution in [0.5, 0.6) is 0 Å². The molecular weight excluding hydrogens is 180 g/mol. The van der Waals surface area contributed by atoms with Gasteiger partial charge < -0.3 is 4.55 Å². The maximum Gasteiger partial charge on any atom is 0.189 e. The van der Waals surface area contributed by atoms with Crippen LogP contribution in [0.15, 0.2) is 24.3 Å². The highest BCUT2D eigenvalue weighted by Crippen LogP contribution is 2.28. The average Bonchev–Trinajstić information content (AvgIpc) is 2.04.